The summed E-state index contributed by atoms with van der Waals surface area (Å²) in [6, 6.07) is 0. The van der Waals surface area contributed by atoms with Crippen molar-refractivity contribution in [2.45, 2.75) is 49.5 Å². The molecule has 5 unspecified atom stereocenters. The Morgan fingerprint density at radius 1 is 1.17 bits per heavy atom. The summed E-state index contributed by atoms with van der Waals surface area (Å²) >= 11 is 0. The molecule has 0 aromatic heterocycles. The highest BCUT2D eigenvalue weighted by atomic mass is 16.8. The maximum Gasteiger partial charge on any atom is 0.221 e. The summed E-state index contributed by atoms with van der Waals surface area (Å²) in [5.74, 6) is -2.27. The van der Waals surface area contributed by atoms with E-state index in [0.717, 1.165) is 0 Å². The van der Waals surface area contributed by atoms with Crippen LogP contribution in [0.15, 0.2) is 0 Å². The topological polar surface area (TPSA) is 181 Å². The van der Waals surface area contributed by atoms with E-state index < -0.39 is 49.2 Å². The van der Waals surface area contributed by atoms with Gasteiger partial charge in [-0.05, 0) is 12.5 Å². The zero-order valence-corrected chi connectivity index (χ0v) is 13.6. The summed E-state index contributed by atoms with van der Waals surface area (Å²) in [5, 5.41) is 50.0. The smallest absolute Gasteiger partial charge is 0.221 e. The Bertz CT molecular complexity index is 414. The van der Waals surface area contributed by atoms with Gasteiger partial charge in [-0.15, -0.1) is 0 Å². The Morgan fingerprint density at radius 3 is 2.38 bits per heavy atom. The van der Waals surface area contributed by atoms with E-state index in [0.29, 0.717) is 6.54 Å². The first kappa shape index (κ1) is 19.9. The third-order valence-electron chi connectivity index (χ3n) is 4.92. The summed E-state index contributed by atoms with van der Waals surface area (Å²) in [6.45, 7) is 1.44. The predicted octanol–water partition coefficient (Wildman–Crippen LogP) is -3.94. The van der Waals surface area contributed by atoms with Crippen LogP contribution >= 0.6 is 0 Å². The lowest BCUT2D eigenvalue weighted by molar-refractivity contribution is -0.377. The lowest BCUT2D eigenvalue weighted by atomic mass is 9.88. The first-order valence-electron chi connectivity index (χ1n) is 8.01. The number of rotatable bonds is 6. The highest BCUT2D eigenvalue weighted by Gasteiger charge is 2.55. The molecule has 0 aromatic carbocycles. The van der Waals surface area contributed by atoms with Gasteiger partial charge in [0, 0.05) is 12.5 Å². The van der Waals surface area contributed by atoms with Crippen molar-refractivity contribution in [1.29, 1.82) is 0 Å². The minimum Gasteiger partial charge on any atom is -0.391 e. The van der Waals surface area contributed by atoms with Gasteiger partial charge in [-0.25, -0.2) is 0 Å². The second kappa shape index (κ2) is 7.87. The molecule has 0 saturated carbocycles. The van der Waals surface area contributed by atoms with E-state index in [9.17, 15) is 25.5 Å². The molecular weight excluding hydrogens is 324 g/mol. The van der Waals surface area contributed by atoms with Crippen LogP contribution in [-0.2, 0) is 14.2 Å². The van der Waals surface area contributed by atoms with Gasteiger partial charge in [0.05, 0.1) is 6.61 Å². The first-order chi connectivity index (χ1) is 11.3. The molecule has 10 heteroatoms. The maximum absolute atomic E-state index is 10.5. The largest absolute Gasteiger partial charge is 0.391 e. The average Bonchev–Trinajstić information content (AvgIpc) is 2.91. The molecular formula is C14H28N2O8. The Balaban J connectivity index is 2.15. The molecule has 2 aliphatic heterocycles. The maximum atomic E-state index is 10.5. The zero-order chi connectivity index (χ0) is 18.1. The Kier molecular flexibility index (Phi) is 6.53. The van der Waals surface area contributed by atoms with Crippen LogP contribution in [0, 0.1) is 11.8 Å². The van der Waals surface area contributed by atoms with Crippen molar-refractivity contribution in [1.82, 2.24) is 0 Å². The van der Waals surface area contributed by atoms with Gasteiger partial charge in [0.1, 0.15) is 37.1 Å². The van der Waals surface area contributed by atoms with E-state index in [1.54, 1.807) is 0 Å². The Hall–Kier alpha value is -0.400. The second-order valence-electron chi connectivity index (χ2n) is 6.47. The fourth-order valence-electron chi connectivity index (χ4n) is 3.08. The molecule has 142 valence electrons. The van der Waals surface area contributed by atoms with E-state index >= 15 is 0 Å². The van der Waals surface area contributed by atoms with Gasteiger partial charge in [0.15, 0.2) is 6.29 Å². The molecule has 0 aromatic rings. The molecule has 0 spiro atoms. The SMILES string of the molecule is C[C@H](CN)C1CO[C@@](CO)(O[C@H]2OC(CN)[C@@H](O)C(O)C2O)C1O. The van der Waals surface area contributed by atoms with Crippen LogP contribution < -0.4 is 11.5 Å². The van der Waals surface area contributed by atoms with Crippen LogP contribution in [0.4, 0.5) is 0 Å². The molecule has 2 saturated heterocycles. The van der Waals surface area contributed by atoms with E-state index in [1.807, 2.05) is 6.92 Å². The Labute approximate surface area is 139 Å². The number of nitrogens with two attached hydrogens (primary N) is 2. The van der Waals surface area contributed by atoms with Crippen LogP contribution in [0.1, 0.15) is 6.92 Å². The van der Waals surface area contributed by atoms with Gasteiger partial charge in [-0.2, -0.15) is 0 Å². The number of ether oxygens (including phenoxy) is 3. The van der Waals surface area contributed by atoms with E-state index in [1.165, 1.54) is 0 Å². The van der Waals surface area contributed by atoms with Gasteiger partial charge >= 0.3 is 0 Å². The Morgan fingerprint density at radius 2 is 1.83 bits per heavy atom. The van der Waals surface area contributed by atoms with Crippen molar-refractivity contribution >= 4 is 0 Å². The summed E-state index contributed by atoms with van der Waals surface area (Å²) in [7, 11) is 0. The van der Waals surface area contributed by atoms with E-state index in [4.69, 9.17) is 25.7 Å². The fourth-order valence-corrected chi connectivity index (χ4v) is 3.08. The van der Waals surface area contributed by atoms with Crippen LogP contribution in [0.2, 0.25) is 0 Å². The van der Waals surface area contributed by atoms with Crippen LogP contribution in [0.5, 0.6) is 0 Å². The molecule has 10 nitrogen and oxygen atoms in total. The first-order valence-corrected chi connectivity index (χ1v) is 8.01. The number of hydrogen-bond acceptors (Lipinski definition) is 10. The van der Waals surface area contributed by atoms with Crippen molar-refractivity contribution in [2.24, 2.45) is 23.3 Å². The van der Waals surface area contributed by atoms with Gasteiger partial charge in [0.25, 0.3) is 0 Å². The molecule has 2 rings (SSSR count). The van der Waals surface area contributed by atoms with Crippen LogP contribution in [-0.4, -0.2) is 94.4 Å². The molecule has 0 radical (unpaired) electrons. The predicted molar refractivity (Wildman–Crippen MR) is 80.3 cm³/mol. The summed E-state index contributed by atoms with van der Waals surface area (Å²) in [6.07, 6.45) is -8.16. The molecule has 24 heavy (non-hydrogen) atoms. The fraction of sp³-hybridized carbons (Fsp3) is 1.00. The van der Waals surface area contributed by atoms with E-state index in [2.05, 4.69) is 0 Å². The molecule has 2 fully saturated rings. The molecule has 9 N–H and O–H groups in total. The van der Waals surface area contributed by atoms with Crippen molar-refractivity contribution in [3.63, 3.8) is 0 Å². The number of aliphatic hydroxyl groups is 5. The number of hydrogen-bond donors (Lipinski definition) is 7. The normalized spacial score (nSPS) is 47.8. The monoisotopic (exact) mass is 352 g/mol. The lowest BCUT2D eigenvalue weighted by Gasteiger charge is -2.43. The minimum absolute atomic E-state index is 0.0848. The average molecular weight is 352 g/mol. The van der Waals surface area contributed by atoms with E-state index in [-0.39, 0.29) is 25.0 Å². The van der Waals surface area contributed by atoms with Gasteiger partial charge in [-0.1, -0.05) is 6.92 Å². The standard InChI is InChI=1S/C14H28N2O8/c1-6(2-15)7-4-22-14(5-17,12(7)21)24-13-11(20)10(19)9(18)8(3-16)23-13/h6-13,17-21H,2-5,15-16H2,1H3/t6-,7?,8?,9-,10?,11?,12?,13-,14+/m1/s1. The molecule has 0 amide bonds. The van der Waals surface area contributed by atoms with Crippen LogP contribution in [0.3, 0.4) is 0 Å². The highest BCUT2D eigenvalue weighted by Crippen LogP contribution is 2.38. The summed E-state index contributed by atoms with van der Waals surface area (Å²) in [5.41, 5.74) is 11.1. The van der Waals surface area contributed by atoms with Gasteiger partial charge in [-0.3, -0.25) is 0 Å². The molecule has 0 aliphatic carbocycles. The van der Waals surface area contributed by atoms with Gasteiger partial charge < -0.3 is 51.2 Å². The third kappa shape index (κ3) is 3.44. The van der Waals surface area contributed by atoms with Crippen molar-refractivity contribution in [2.75, 3.05) is 26.3 Å². The van der Waals surface area contributed by atoms with Crippen molar-refractivity contribution < 1.29 is 39.7 Å². The van der Waals surface area contributed by atoms with Crippen molar-refractivity contribution in [3.05, 3.63) is 0 Å². The molecule has 2 heterocycles. The van der Waals surface area contributed by atoms with Crippen molar-refractivity contribution in [3.8, 4) is 0 Å². The summed E-state index contributed by atoms with van der Waals surface area (Å²) < 4.78 is 16.4. The second-order valence-corrected chi connectivity index (χ2v) is 6.47. The molecule has 9 atom stereocenters. The third-order valence-corrected chi connectivity index (χ3v) is 4.92. The van der Waals surface area contributed by atoms with Gasteiger partial charge in [0.2, 0.25) is 5.79 Å². The number of aliphatic hydroxyl groups excluding tert-OH is 5. The molecule has 0 bridgehead atoms. The minimum atomic E-state index is -1.82. The quantitative estimate of drug-likeness (QED) is 0.249. The highest BCUT2D eigenvalue weighted by molar-refractivity contribution is 4.96. The zero-order valence-electron chi connectivity index (χ0n) is 13.6. The van der Waals surface area contributed by atoms with Crippen LogP contribution in [0.25, 0.3) is 0 Å². The molecule has 2 aliphatic rings. The lowest BCUT2D eigenvalue weighted by Crippen LogP contribution is -2.63. The summed E-state index contributed by atoms with van der Waals surface area (Å²) in [4.78, 5) is 0.